The lowest BCUT2D eigenvalue weighted by atomic mass is 10.1. The minimum Gasteiger partial charge on any atom is -0.437 e. The lowest BCUT2D eigenvalue weighted by molar-refractivity contribution is -0.385. The SMILES string of the molecule is CCCNS(=O)(=O)c1cc([N+](=O)[O-])ccc1Oc1c(C)c(C(=O)NC[C@H]2CCCO2)nn1-c1cccc(C)c1C. The normalized spacial score (nSPS) is 15.2. The number of carbonyl (C=O) groups excluding carboxylic acids is 1. The molecule has 1 aliphatic rings. The van der Waals surface area contributed by atoms with E-state index in [-0.39, 0.29) is 30.0 Å². The average Bonchev–Trinajstić information content (AvgIpc) is 3.56. The van der Waals surface area contributed by atoms with E-state index >= 15 is 0 Å². The highest BCUT2D eigenvalue weighted by Gasteiger charge is 2.28. The zero-order valence-corrected chi connectivity index (χ0v) is 23.7. The van der Waals surface area contributed by atoms with Gasteiger partial charge in [-0.1, -0.05) is 19.1 Å². The summed E-state index contributed by atoms with van der Waals surface area (Å²) in [6, 6.07) is 8.94. The van der Waals surface area contributed by atoms with Crippen LogP contribution in [0.4, 0.5) is 5.69 Å². The Bertz CT molecular complexity index is 1530. The van der Waals surface area contributed by atoms with Crippen LogP contribution in [0.5, 0.6) is 11.6 Å². The third kappa shape index (κ3) is 6.16. The van der Waals surface area contributed by atoms with Crippen LogP contribution in [0.25, 0.3) is 5.69 Å². The van der Waals surface area contributed by atoms with Crippen molar-refractivity contribution < 1.29 is 27.6 Å². The van der Waals surface area contributed by atoms with Crippen molar-refractivity contribution in [1.82, 2.24) is 19.8 Å². The zero-order valence-electron chi connectivity index (χ0n) is 22.9. The maximum Gasteiger partial charge on any atom is 0.272 e. The molecule has 1 aliphatic heterocycles. The molecule has 0 spiro atoms. The highest BCUT2D eigenvalue weighted by atomic mass is 32.2. The van der Waals surface area contributed by atoms with Crippen molar-refractivity contribution in [3.8, 4) is 17.3 Å². The number of aryl methyl sites for hydroxylation is 1. The standard InChI is InChI=1S/C27H33N5O7S/c1-5-13-29-40(36,37)24-15-20(32(34)35)11-12-23(24)39-27-19(4)25(26(33)28-16-21-9-7-14-38-21)30-31(27)22-10-6-8-17(2)18(22)3/h6,8,10-12,15,21,29H,5,7,9,13-14,16H2,1-4H3,(H,28,33)/t21-/m1/s1. The Kier molecular flexibility index (Phi) is 8.86. The van der Waals surface area contributed by atoms with Gasteiger partial charge in [0, 0.05) is 37.4 Å². The molecule has 0 unspecified atom stereocenters. The molecule has 0 radical (unpaired) electrons. The Labute approximate surface area is 232 Å². The van der Waals surface area contributed by atoms with E-state index in [0.717, 1.165) is 36.1 Å². The van der Waals surface area contributed by atoms with Gasteiger partial charge in [0.1, 0.15) is 10.6 Å². The summed E-state index contributed by atoms with van der Waals surface area (Å²) < 4.78 is 41.9. The van der Waals surface area contributed by atoms with Crippen molar-refractivity contribution in [2.24, 2.45) is 0 Å². The number of rotatable bonds is 11. The summed E-state index contributed by atoms with van der Waals surface area (Å²) in [6.45, 7) is 8.42. The number of benzene rings is 2. The van der Waals surface area contributed by atoms with Crippen molar-refractivity contribution >= 4 is 21.6 Å². The molecule has 3 aromatic rings. The van der Waals surface area contributed by atoms with Gasteiger partial charge in [-0.3, -0.25) is 14.9 Å². The first kappa shape index (κ1) is 29.2. The molecule has 0 saturated carbocycles. The average molecular weight is 572 g/mol. The van der Waals surface area contributed by atoms with Gasteiger partial charge in [-0.2, -0.15) is 9.78 Å². The van der Waals surface area contributed by atoms with Crippen LogP contribution in [-0.4, -0.2) is 54.8 Å². The fraction of sp³-hybridized carbons (Fsp3) is 0.407. The summed E-state index contributed by atoms with van der Waals surface area (Å²) in [7, 11) is -4.16. The second-order valence-electron chi connectivity index (χ2n) is 9.64. The zero-order chi connectivity index (χ0) is 29.0. The molecular formula is C27H33N5O7S. The van der Waals surface area contributed by atoms with Crippen LogP contribution >= 0.6 is 0 Å². The summed E-state index contributed by atoms with van der Waals surface area (Å²) in [5.74, 6) is -0.463. The predicted octanol–water partition coefficient (Wildman–Crippen LogP) is 4.10. The number of hydrogen-bond acceptors (Lipinski definition) is 8. The molecule has 2 aromatic carbocycles. The number of hydrogen-bond donors (Lipinski definition) is 2. The van der Waals surface area contributed by atoms with Gasteiger partial charge in [-0.15, -0.1) is 0 Å². The van der Waals surface area contributed by atoms with E-state index in [2.05, 4.69) is 15.1 Å². The molecule has 0 bridgehead atoms. The molecule has 1 aromatic heterocycles. The van der Waals surface area contributed by atoms with E-state index < -0.39 is 31.4 Å². The molecule has 214 valence electrons. The molecule has 40 heavy (non-hydrogen) atoms. The van der Waals surface area contributed by atoms with Gasteiger partial charge in [0.05, 0.1) is 16.7 Å². The van der Waals surface area contributed by atoms with Crippen LogP contribution in [0.15, 0.2) is 41.3 Å². The monoisotopic (exact) mass is 571 g/mol. The smallest absolute Gasteiger partial charge is 0.272 e. The molecule has 13 heteroatoms. The summed E-state index contributed by atoms with van der Waals surface area (Å²) in [5.41, 5.74) is 2.55. The number of aromatic nitrogens is 2. The van der Waals surface area contributed by atoms with Crippen molar-refractivity contribution in [3.05, 3.63) is 68.9 Å². The molecular weight excluding hydrogens is 538 g/mol. The van der Waals surface area contributed by atoms with E-state index in [1.54, 1.807) is 13.8 Å². The molecule has 2 N–H and O–H groups in total. The third-order valence-electron chi connectivity index (χ3n) is 6.78. The Hall–Kier alpha value is -3.81. The first-order valence-corrected chi connectivity index (χ1v) is 14.5. The predicted molar refractivity (Wildman–Crippen MR) is 148 cm³/mol. The van der Waals surface area contributed by atoms with Gasteiger partial charge in [0.15, 0.2) is 5.69 Å². The van der Waals surface area contributed by atoms with Crippen LogP contribution in [0.2, 0.25) is 0 Å². The van der Waals surface area contributed by atoms with Crippen LogP contribution in [0.1, 0.15) is 53.4 Å². The second kappa shape index (κ2) is 12.1. The van der Waals surface area contributed by atoms with Gasteiger partial charge in [0.2, 0.25) is 15.9 Å². The summed E-state index contributed by atoms with van der Waals surface area (Å²) in [4.78, 5) is 23.6. The van der Waals surface area contributed by atoms with Gasteiger partial charge in [0.25, 0.3) is 11.6 Å². The first-order chi connectivity index (χ1) is 19.0. The number of ether oxygens (including phenoxy) is 2. The highest BCUT2D eigenvalue weighted by molar-refractivity contribution is 7.89. The van der Waals surface area contributed by atoms with E-state index in [1.807, 2.05) is 32.0 Å². The number of amides is 1. The number of non-ortho nitro benzene ring substituents is 1. The Balaban J connectivity index is 1.82. The number of nitrogens with one attached hydrogen (secondary N) is 2. The van der Waals surface area contributed by atoms with Crippen LogP contribution in [0.3, 0.4) is 0 Å². The Morgan fingerprint density at radius 1 is 1.23 bits per heavy atom. The van der Waals surface area contributed by atoms with Crippen LogP contribution < -0.4 is 14.8 Å². The van der Waals surface area contributed by atoms with Crippen molar-refractivity contribution in [2.75, 3.05) is 19.7 Å². The van der Waals surface area contributed by atoms with Gasteiger partial charge >= 0.3 is 0 Å². The Morgan fingerprint density at radius 2 is 2.00 bits per heavy atom. The van der Waals surface area contributed by atoms with E-state index in [0.29, 0.717) is 30.8 Å². The fourth-order valence-corrected chi connectivity index (χ4v) is 5.64. The number of nitrogens with zero attached hydrogens (tertiary/aromatic N) is 3. The molecule has 1 atom stereocenters. The fourth-order valence-electron chi connectivity index (χ4n) is 4.36. The molecule has 2 heterocycles. The number of nitro benzene ring substituents is 1. The lowest BCUT2D eigenvalue weighted by Crippen LogP contribution is -2.32. The molecule has 0 aliphatic carbocycles. The number of sulfonamides is 1. The summed E-state index contributed by atoms with van der Waals surface area (Å²) in [5, 5.41) is 18.9. The van der Waals surface area contributed by atoms with Crippen LogP contribution in [0, 0.1) is 30.9 Å². The minimum absolute atomic E-state index is 0.0652. The van der Waals surface area contributed by atoms with Crippen molar-refractivity contribution in [2.45, 2.75) is 58.0 Å². The van der Waals surface area contributed by atoms with Gasteiger partial charge in [-0.25, -0.2) is 13.1 Å². The maximum absolute atomic E-state index is 13.2. The topological polar surface area (TPSA) is 155 Å². The van der Waals surface area contributed by atoms with Crippen molar-refractivity contribution in [3.63, 3.8) is 0 Å². The van der Waals surface area contributed by atoms with Gasteiger partial charge in [-0.05, 0) is 63.3 Å². The molecule has 4 rings (SSSR count). The second-order valence-corrected chi connectivity index (χ2v) is 11.4. The maximum atomic E-state index is 13.2. The third-order valence-corrected chi connectivity index (χ3v) is 8.26. The number of nitro groups is 1. The number of carbonyl (C=O) groups is 1. The quantitative estimate of drug-likeness (QED) is 0.258. The highest BCUT2D eigenvalue weighted by Crippen LogP contribution is 2.36. The Morgan fingerprint density at radius 3 is 2.67 bits per heavy atom. The molecule has 1 saturated heterocycles. The molecule has 1 amide bonds. The summed E-state index contributed by atoms with van der Waals surface area (Å²) >= 11 is 0. The van der Waals surface area contributed by atoms with Gasteiger partial charge < -0.3 is 14.8 Å². The van der Waals surface area contributed by atoms with Crippen molar-refractivity contribution in [1.29, 1.82) is 0 Å². The first-order valence-electron chi connectivity index (χ1n) is 13.1. The van der Waals surface area contributed by atoms with E-state index in [1.165, 1.54) is 10.7 Å². The summed E-state index contributed by atoms with van der Waals surface area (Å²) in [6.07, 6.45) is 2.25. The van der Waals surface area contributed by atoms with E-state index in [4.69, 9.17) is 9.47 Å². The lowest BCUT2D eigenvalue weighted by Gasteiger charge is -2.15. The van der Waals surface area contributed by atoms with E-state index in [9.17, 15) is 23.3 Å². The molecule has 12 nitrogen and oxygen atoms in total. The molecule has 1 fully saturated rings. The largest absolute Gasteiger partial charge is 0.437 e. The minimum atomic E-state index is -4.16. The van der Waals surface area contributed by atoms with Crippen LogP contribution in [-0.2, 0) is 14.8 Å².